The van der Waals surface area contributed by atoms with E-state index in [1.807, 2.05) is 41.5 Å². The molecule has 0 aliphatic rings. The highest BCUT2D eigenvalue weighted by molar-refractivity contribution is 7.20. The Morgan fingerprint density at radius 2 is 2.08 bits per heavy atom. The molecule has 2 aromatic heterocycles. The van der Waals surface area contributed by atoms with E-state index in [0.717, 1.165) is 5.69 Å². The van der Waals surface area contributed by atoms with Gasteiger partial charge in [0.1, 0.15) is 11.6 Å². The molecule has 2 rings (SSSR count). The number of nitrogens with zero attached hydrogens (tertiary/aromatic N) is 3. The highest BCUT2D eigenvalue weighted by Gasteiger charge is 2.28. The number of aryl methyl sites for hydroxylation is 1. The molecule has 2 aromatic rings. The predicted molar refractivity (Wildman–Crippen MR) is 94.6 cm³/mol. The van der Waals surface area contributed by atoms with Gasteiger partial charge in [0.25, 0.3) is 5.56 Å². The van der Waals surface area contributed by atoms with Gasteiger partial charge in [0.2, 0.25) is 10.1 Å². The zero-order valence-corrected chi connectivity index (χ0v) is 15.7. The van der Waals surface area contributed by atoms with E-state index in [9.17, 15) is 9.59 Å². The second kappa shape index (κ2) is 6.88. The van der Waals surface area contributed by atoms with Crippen LogP contribution in [0.25, 0.3) is 4.96 Å². The number of nitrogens with one attached hydrogen (secondary N) is 1. The van der Waals surface area contributed by atoms with Gasteiger partial charge in [-0.25, -0.2) is 9.78 Å². The van der Waals surface area contributed by atoms with Crippen LogP contribution in [0.4, 0.5) is 5.13 Å². The van der Waals surface area contributed by atoms with Gasteiger partial charge in [-0.05, 0) is 33.1 Å². The van der Waals surface area contributed by atoms with Gasteiger partial charge in [-0.1, -0.05) is 32.1 Å². The second-order valence-electron chi connectivity index (χ2n) is 6.94. The number of ether oxygens (including phenoxy) is 1. The van der Waals surface area contributed by atoms with Gasteiger partial charge in [-0.2, -0.15) is 4.52 Å². The van der Waals surface area contributed by atoms with E-state index in [1.165, 1.54) is 21.9 Å². The molecule has 0 saturated heterocycles. The standard InChI is InChI=1S/C16H24N4O3S/c1-7-10-8-11(21)20-15(17-10)24-14(19-20)18-12(9(2)3)13(22)23-16(4,5)6/h8-9,12H,7H2,1-6H3,(H,18,19)/t12-/m1/s1. The van der Waals surface area contributed by atoms with Gasteiger partial charge in [0, 0.05) is 11.8 Å². The average Bonchev–Trinajstić information content (AvgIpc) is 2.85. The molecule has 0 spiro atoms. The zero-order valence-electron chi connectivity index (χ0n) is 14.9. The van der Waals surface area contributed by atoms with Crippen molar-refractivity contribution in [1.82, 2.24) is 14.6 Å². The van der Waals surface area contributed by atoms with E-state index in [1.54, 1.807) is 0 Å². The van der Waals surface area contributed by atoms with Crippen molar-refractivity contribution in [1.29, 1.82) is 0 Å². The Labute approximate surface area is 145 Å². The lowest BCUT2D eigenvalue weighted by Gasteiger charge is -2.26. The topological polar surface area (TPSA) is 85.6 Å². The van der Waals surface area contributed by atoms with Crippen LogP contribution < -0.4 is 10.9 Å². The van der Waals surface area contributed by atoms with E-state index in [-0.39, 0.29) is 17.4 Å². The largest absolute Gasteiger partial charge is 0.458 e. The Morgan fingerprint density at radius 3 is 2.62 bits per heavy atom. The highest BCUT2D eigenvalue weighted by atomic mass is 32.1. The van der Waals surface area contributed by atoms with Crippen LogP contribution in [-0.2, 0) is 16.0 Å². The van der Waals surface area contributed by atoms with Gasteiger partial charge in [0.05, 0.1) is 0 Å². The molecule has 0 aliphatic heterocycles. The third-order valence-corrected chi connectivity index (χ3v) is 4.11. The Bertz CT molecular complexity index is 789. The number of carbonyl (C=O) groups is 1. The van der Waals surface area contributed by atoms with Crippen LogP contribution in [0.15, 0.2) is 10.9 Å². The summed E-state index contributed by atoms with van der Waals surface area (Å²) in [6.07, 6.45) is 0.679. The lowest BCUT2D eigenvalue weighted by Crippen LogP contribution is -2.40. The maximum Gasteiger partial charge on any atom is 0.329 e. The number of hydrogen-bond acceptors (Lipinski definition) is 7. The molecule has 0 saturated carbocycles. The minimum atomic E-state index is -0.561. The van der Waals surface area contributed by atoms with Crippen LogP contribution in [0.1, 0.15) is 47.2 Å². The van der Waals surface area contributed by atoms with Gasteiger partial charge >= 0.3 is 5.97 Å². The molecule has 0 bridgehead atoms. The van der Waals surface area contributed by atoms with E-state index in [0.29, 0.717) is 16.5 Å². The smallest absolute Gasteiger partial charge is 0.329 e. The van der Waals surface area contributed by atoms with Crippen LogP contribution in [-0.4, -0.2) is 32.2 Å². The molecule has 0 radical (unpaired) electrons. The van der Waals surface area contributed by atoms with Gasteiger partial charge in [0.15, 0.2) is 0 Å². The molecule has 0 unspecified atom stereocenters. The van der Waals surface area contributed by atoms with Crippen LogP contribution in [0.5, 0.6) is 0 Å². The maximum absolute atomic E-state index is 12.4. The number of esters is 1. The fourth-order valence-electron chi connectivity index (χ4n) is 2.09. The van der Waals surface area contributed by atoms with E-state index >= 15 is 0 Å². The number of fused-ring (bicyclic) bond motifs is 1. The summed E-state index contributed by atoms with van der Waals surface area (Å²) in [6.45, 7) is 11.3. The molecule has 24 heavy (non-hydrogen) atoms. The van der Waals surface area contributed by atoms with Crippen molar-refractivity contribution in [2.24, 2.45) is 5.92 Å². The summed E-state index contributed by atoms with van der Waals surface area (Å²) in [5.41, 5.74) is -0.0594. The van der Waals surface area contributed by atoms with Gasteiger partial charge in [-0.15, -0.1) is 5.10 Å². The molecule has 7 nitrogen and oxygen atoms in total. The second-order valence-corrected chi connectivity index (χ2v) is 7.90. The highest BCUT2D eigenvalue weighted by Crippen LogP contribution is 2.21. The van der Waals surface area contributed by atoms with E-state index in [4.69, 9.17) is 4.74 Å². The minimum Gasteiger partial charge on any atom is -0.458 e. The summed E-state index contributed by atoms with van der Waals surface area (Å²) in [5, 5.41) is 7.79. The van der Waals surface area contributed by atoms with Crippen molar-refractivity contribution in [3.63, 3.8) is 0 Å². The molecule has 1 atom stereocenters. The lowest BCUT2D eigenvalue weighted by atomic mass is 10.0. The maximum atomic E-state index is 12.4. The SMILES string of the molecule is CCc1cc(=O)n2nc(N[C@@H](C(=O)OC(C)(C)C)C(C)C)sc2n1. The van der Waals surface area contributed by atoms with Crippen LogP contribution in [0, 0.1) is 5.92 Å². The third kappa shape index (κ3) is 4.31. The first kappa shape index (κ1) is 18.4. The summed E-state index contributed by atoms with van der Waals surface area (Å²) in [5.74, 6) is -0.339. The molecule has 0 fully saturated rings. The predicted octanol–water partition coefficient (Wildman–Crippen LogP) is 2.49. The quantitative estimate of drug-likeness (QED) is 0.832. The van der Waals surface area contributed by atoms with Crippen LogP contribution in [0.2, 0.25) is 0 Å². The van der Waals surface area contributed by atoms with Crippen LogP contribution >= 0.6 is 11.3 Å². The Hall–Kier alpha value is -1.96. The summed E-state index contributed by atoms with van der Waals surface area (Å²) < 4.78 is 6.71. The van der Waals surface area contributed by atoms with E-state index < -0.39 is 11.6 Å². The van der Waals surface area contributed by atoms with Gasteiger partial charge < -0.3 is 10.1 Å². The fourth-order valence-corrected chi connectivity index (χ4v) is 2.95. The van der Waals surface area contributed by atoms with Crippen molar-refractivity contribution in [3.8, 4) is 0 Å². The molecular weight excluding hydrogens is 328 g/mol. The monoisotopic (exact) mass is 352 g/mol. The summed E-state index contributed by atoms with van der Waals surface area (Å²) in [7, 11) is 0. The van der Waals surface area contributed by atoms with Crippen molar-refractivity contribution in [2.75, 3.05) is 5.32 Å². The van der Waals surface area contributed by atoms with E-state index in [2.05, 4.69) is 15.4 Å². The number of carbonyl (C=O) groups excluding carboxylic acids is 1. The van der Waals surface area contributed by atoms with Crippen LogP contribution in [0.3, 0.4) is 0 Å². The fraction of sp³-hybridized carbons (Fsp3) is 0.625. The normalized spacial score (nSPS) is 13.3. The Kier molecular flexibility index (Phi) is 5.27. The van der Waals surface area contributed by atoms with Crippen molar-refractivity contribution in [2.45, 2.75) is 59.6 Å². The first-order chi connectivity index (χ1) is 11.1. The molecule has 0 aromatic carbocycles. The van der Waals surface area contributed by atoms with Crippen molar-refractivity contribution >= 4 is 27.4 Å². The molecule has 1 N–H and O–H groups in total. The number of rotatable bonds is 5. The number of aromatic nitrogens is 3. The molecule has 0 aliphatic carbocycles. The Morgan fingerprint density at radius 1 is 1.42 bits per heavy atom. The Balaban J connectivity index is 2.30. The van der Waals surface area contributed by atoms with Gasteiger partial charge in [-0.3, -0.25) is 4.79 Å². The van der Waals surface area contributed by atoms with Crippen molar-refractivity contribution in [3.05, 3.63) is 22.1 Å². The average molecular weight is 352 g/mol. The summed E-state index contributed by atoms with van der Waals surface area (Å²) in [4.78, 5) is 29.4. The molecule has 8 heteroatoms. The number of anilines is 1. The third-order valence-electron chi connectivity index (χ3n) is 3.27. The molecule has 0 amide bonds. The minimum absolute atomic E-state index is 0.00254. The van der Waals surface area contributed by atoms with Crippen molar-refractivity contribution < 1.29 is 9.53 Å². The summed E-state index contributed by atoms with van der Waals surface area (Å²) in [6, 6.07) is 0.927. The lowest BCUT2D eigenvalue weighted by molar-refractivity contribution is -0.156. The molecule has 2 heterocycles. The first-order valence-electron chi connectivity index (χ1n) is 8.00. The zero-order chi connectivity index (χ0) is 18.1. The first-order valence-corrected chi connectivity index (χ1v) is 8.81. The summed E-state index contributed by atoms with van der Waals surface area (Å²) >= 11 is 1.24. The molecular formula is C16H24N4O3S. The molecule has 132 valence electrons. The number of hydrogen-bond donors (Lipinski definition) is 1.